The van der Waals surface area contributed by atoms with Crippen molar-refractivity contribution in [3.63, 3.8) is 0 Å². The molecule has 0 aromatic carbocycles. The van der Waals surface area contributed by atoms with Crippen molar-refractivity contribution in [3.05, 3.63) is 0 Å². The lowest BCUT2D eigenvalue weighted by Crippen LogP contribution is -2.68. The number of rotatable bonds is 5. The van der Waals surface area contributed by atoms with E-state index in [0.29, 0.717) is 23.6 Å². The highest BCUT2D eigenvalue weighted by Gasteiger charge is 2.59. The van der Waals surface area contributed by atoms with Crippen molar-refractivity contribution in [2.45, 2.75) is 70.6 Å². The Kier molecular flexibility index (Phi) is 3.70. The van der Waals surface area contributed by atoms with Crippen molar-refractivity contribution in [1.82, 2.24) is 10.6 Å². The smallest absolute Gasteiger partial charge is 0.191 e. The maximum Gasteiger partial charge on any atom is 0.191 e. The molecule has 0 saturated heterocycles. The molecule has 2 unspecified atom stereocenters. The second-order valence-corrected chi connectivity index (χ2v) is 6.20. The highest BCUT2D eigenvalue weighted by atomic mass is 16.5. The molecule has 2 N–H and O–H groups in total. The summed E-state index contributed by atoms with van der Waals surface area (Å²) in [5, 5.41) is 7.19. The largest absolute Gasteiger partial charge is 0.378 e. The molecule has 3 rings (SSSR count). The van der Waals surface area contributed by atoms with Gasteiger partial charge >= 0.3 is 0 Å². The number of nitrogens with one attached hydrogen (secondary N) is 2. The van der Waals surface area contributed by atoms with Crippen LogP contribution in [0.2, 0.25) is 0 Å². The van der Waals surface area contributed by atoms with E-state index in [4.69, 9.17) is 4.74 Å². The highest BCUT2D eigenvalue weighted by molar-refractivity contribution is 5.81. The summed E-state index contributed by atoms with van der Waals surface area (Å²) in [4.78, 5) is 4.57. The molecule has 3 aliphatic rings. The van der Waals surface area contributed by atoms with Gasteiger partial charge < -0.3 is 15.4 Å². The minimum Gasteiger partial charge on any atom is -0.378 e. The zero-order valence-electron chi connectivity index (χ0n) is 12.2. The normalized spacial score (nSPS) is 32.6. The van der Waals surface area contributed by atoms with Gasteiger partial charge in [0.15, 0.2) is 5.96 Å². The molecule has 108 valence electrons. The summed E-state index contributed by atoms with van der Waals surface area (Å²) in [7, 11) is 0. The van der Waals surface area contributed by atoms with Gasteiger partial charge in [0.05, 0.1) is 6.10 Å². The Morgan fingerprint density at radius 3 is 2.58 bits per heavy atom. The third kappa shape index (κ3) is 2.47. The third-order valence-corrected chi connectivity index (χ3v) is 4.98. The van der Waals surface area contributed by atoms with Gasteiger partial charge in [-0.3, -0.25) is 4.99 Å². The molecule has 2 atom stereocenters. The Hall–Kier alpha value is -0.770. The molecule has 0 heterocycles. The van der Waals surface area contributed by atoms with E-state index in [1.165, 1.54) is 32.1 Å². The lowest BCUT2D eigenvalue weighted by Gasteiger charge is -2.61. The number of nitrogens with zero attached hydrogens (tertiary/aromatic N) is 1. The van der Waals surface area contributed by atoms with Crippen LogP contribution in [-0.2, 0) is 4.74 Å². The lowest BCUT2D eigenvalue weighted by atomic mass is 9.51. The number of ether oxygens (including phenoxy) is 1. The van der Waals surface area contributed by atoms with Crippen LogP contribution in [0.4, 0.5) is 0 Å². The lowest BCUT2D eigenvalue weighted by molar-refractivity contribution is -0.168. The topological polar surface area (TPSA) is 45.7 Å². The van der Waals surface area contributed by atoms with Gasteiger partial charge in [0.2, 0.25) is 0 Å². The van der Waals surface area contributed by atoms with Crippen LogP contribution in [-0.4, -0.2) is 37.3 Å². The molecule has 1 spiro atoms. The van der Waals surface area contributed by atoms with Crippen LogP contribution in [0.25, 0.3) is 0 Å². The Bertz CT molecular complexity index is 347. The standard InChI is InChI=1S/C15H27N3O/c1-3-16-14(17-11-6-7-11)18-12-10-13(19-4-2)15(12)8-5-9-15/h11-13H,3-10H2,1-2H3,(H2,16,17,18). The minimum absolute atomic E-state index is 0.412. The van der Waals surface area contributed by atoms with Crippen LogP contribution in [0.1, 0.15) is 52.4 Å². The number of aliphatic imine (C=N–C) groups is 1. The molecule has 4 heteroatoms. The highest BCUT2D eigenvalue weighted by Crippen LogP contribution is 2.57. The first-order chi connectivity index (χ1) is 9.28. The summed E-state index contributed by atoms with van der Waals surface area (Å²) in [5.74, 6) is 1.02. The predicted molar refractivity (Wildman–Crippen MR) is 77.4 cm³/mol. The maximum absolute atomic E-state index is 5.90. The molecule has 0 aromatic heterocycles. The number of hydrogen-bond donors (Lipinski definition) is 2. The van der Waals surface area contributed by atoms with Gasteiger partial charge in [-0.15, -0.1) is 0 Å². The van der Waals surface area contributed by atoms with Gasteiger partial charge in [0, 0.05) is 30.7 Å². The molecule has 3 saturated carbocycles. The van der Waals surface area contributed by atoms with E-state index in [9.17, 15) is 0 Å². The van der Waals surface area contributed by atoms with Gasteiger partial charge in [-0.05, 0) is 46.0 Å². The molecule has 0 bridgehead atoms. The first-order valence-electron chi connectivity index (χ1n) is 7.97. The SMILES string of the molecule is CCN=C(NC1CC1)NC1CC(OCC)C12CCC2. The van der Waals surface area contributed by atoms with E-state index in [0.717, 1.165) is 25.5 Å². The Morgan fingerprint density at radius 1 is 1.26 bits per heavy atom. The third-order valence-electron chi connectivity index (χ3n) is 4.98. The van der Waals surface area contributed by atoms with Gasteiger partial charge in [0.25, 0.3) is 0 Å². The van der Waals surface area contributed by atoms with Crippen LogP contribution in [0, 0.1) is 5.41 Å². The van der Waals surface area contributed by atoms with E-state index in [1.807, 2.05) is 0 Å². The van der Waals surface area contributed by atoms with Crippen LogP contribution in [0.5, 0.6) is 0 Å². The molecular formula is C15H27N3O. The Morgan fingerprint density at radius 2 is 2.05 bits per heavy atom. The second kappa shape index (κ2) is 5.31. The first kappa shape index (κ1) is 13.2. The van der Waals surface area contributed by atoms with E-state index in [2.05, 4.69) is 29.5 Å². The van der Waals surface area contributed by atoms with Crippen molar-refractivity contribution >= 4 is 5.96 Å². The first-order valence-corrected chi connectivity index (χ1v) is 7.97. The zero-order chi connectivity index (χ0) is 13.3. The minimum atomic E-state index is 0.412. The summed E-state index contributed by atoms with van der Waals surface area (Å²) in [5.41, 5.74) is 0.412. The van der Waals surface area contributed by atoms with Crippen LogP contribution in [0.3, 0.4) is 0 Å². The number of guanidine groups is 1. The fourth-order valence-corrected chi connectivity index (χ4v) is 3.52. The quantitative estimate of drug-likeness (QED) is 0.591. The predicted octanol–water partition coefficient (Wildman–Crippen LogP) is 2.05. The Labute approximate surface area is 116 Å². The van der Waals surface area contributed by atoms with E-state index < -0.39 is 0 Å². The molecule has 19 heavy (non-hydrogen) atoms. The van der Waals surface area contributed by atoms with Crippen molar-refractivity contribution in [2.24, 2.45) is 10.4 Å². The van der Waals surface area contributed by atoms with Gasteiger partial charge in [0.1, 0.15) is 0 Å². The number of hydrogen-bond acceptors (Lipinski definition) is 2. The monoisotopic (exact) mass is 265 g/mol. The second-order valence-electron chi connectivity index (χ2n) is 6.20. The average molecular weight is 265 g/mol. The average Bonchev–Trinajstić information content (AvgIpc) is 3.09. The fraction of sp³-hybridized carbons (Fsp3) is 0.933. The molecular weight excluding hydrogens is 238 g/mol. The summed E-state index contributed by atoms with van der Waals surface area (Å²) in [6.45, 7) is 5.89. The van der Waals surface area contributed by atoms with E-state index >= 15 is 0 Å². The molecule has 3 aliphatic carbocycles. The van der Waals surface area contributed by atoms with Crippen molar-refractivity contribution < 1.29 is 4.74 Å². The van der Waals surface area contributed by atoms with Gasteiger partial charge in [-0.1, -0.05) is 6.42 Å². The summed E-state index contributed by atoms with van der Waals surface area (Å²) < 4.78 is 5.90. The summed E-state index contributed by atoms with van der Waals surface area (Å²) in [6.07, 6.45) is 8.20. The molecule has 0 aliphatic heterocycles. The van der Waals surface area contributed by atoms with E-state index in [-0.39, 0.29) is 0 Å². The zero-order valence-corrected chi connectivity index (χ0v) is 12.2. The fourth-order valence-electron chi connectivity index (χ4n) is 3.52. The molecule has 0 amide bonds. The summed E-state index contributed by atoms with van der Waals surface area (Å²) >= 11 is 0. The maximum atomic E-state index is 5.90. The van der Waals surface area contributed by atoms with Crippen molar-refractivity contribution in [2.75, 3.05) is 13.2 Å². The van der Waals surface area contributed by atoms with Gasteiger partial charge in [-0.25, -0.2) is 0 Å². The van der Waals surface area contributed by atoms with Crippen LogP contribution < -0.4 is 10.6 Å². The van der Waals surface area contributed by atoms with Gasteiger partial charge in [-0.2, -0.15) is 0 Å². The molecule has 0 radical (unpaired) electrons. The van der Waals surface area contributed by atoms with Crippen LogP contribution >= 0.6 is 0 Å². The Balaban J connectivity index is 1.58. The van der Waals surface area contributed by atoms with E-state index in [1.54, 1.807) is 0 Å². The van der Waals surface area contributed by atoms with Crippen molar-refractivity contribution in [1.29, 1.82) is 0 Å². The molecule has 0 aromatic rings. The van der Waals surface area contributed by atoms with Crippen LogP contribution in [0.15, 0.2) is 4.99 Å². The molecule has 4 nitrogen and oxygen atoms in total. The van der Waals surface area contributed by atoms with Crippen molar-refractivity contribution in [3.8, 4) is 0 Å². The molecule has 3 fully saturated rings. The summed E-state index contributed by atoms with van der Waals surface area (Å²) in [6, 6.07) is 1.23.